The van der Waals surface area contributed by atoms with Gasteiger partial charge in [-0.1, -0.05) is 0 Å². The molecule has 0 radical (unpaired) electrons. The van der Waals surface area contributed by atoms with Crippen molar-refractivity contribution >= 4 is 6.47 Å². The molecule has 1 heterocycles. The van der Waals surface area contributed by atoms with Crippen LogP contribution in [-0.2, 0) is 9.53 Å². The summed E-state index contributed by atoms with van der Waals surface area (Å²) in [6, 6.07) is 2.03. The Kier molecular flexibility index (Phi) is 6.08. The van der Waals surface area contributed by atoms with Crippen LogP contribution in [0, 0.1) is 6.92 Å². The molecule has 0 aromatic carbocycles. The minimum atomic E-state index is 0.431. The average molecular weight is 155 g/mol. The maximum atomic E-state index is 9.18. The second-order valence-electron chi connectivity index (χ2n) is 1.94. The fourth-order valence-corrected chi connectivity index (χ4v) is 0.475. The van der Waals surface area contributed by atoms with Crippen LogP contribution in [0.4, 0.5) is 0 Å². The molecule has 0 saturated heterocycles. The summed E-state index contributed by atoms with van der Waals surface area (Å²) in [5.74, 6) is 0. The first-order valence-corrected chi connectivity index (χ1v) is 3.46. The Morgan fingerprint density at radius 3 is 2.55 bits per heavy atom. The minimum Gasteiger partial charge on any atom is -0.468 e. The molecule has 1 aromatic heterocycles. The molecule has 0 spiro atoms. The molecule has 62 valence electrons. The van der Waals surface area contributed by atoms with E-state index in [0.29, 0.717) is 13.1 Å². The number of carbonyl (C=O) groups is 1. The zero-order chi connectivity index (χ0) is 8.53. The molecule has 0 saturated carbocycles. The number of hydrogen-bond acceptors (Lipinski definition) is 2. The molecule has 0 amide bonds. The molecule has 0 bridgehead atoms. The Bertz CT molecular complexity index is 170. The third kappa shape index (κ3) is 6.64. The molecular formula is C8H13NO2. The van der Waals surface area contributed by atoms with Crippen molar-refractivity contribution in [3.8, 4) is 0 Å². The SMILES string of the molecule is CCOC=O.Cc1cc[nH]c1. The van der Waals surface area contributed by atoms with Gasteiger partial charge >= 0.3 is 0 Å². The number of aromatic nitrogens is 1. The number of ether oxygens (including phenoxy) is 1. The van der Waals surface area contributed by atoms with E-state index in [1.165, 1.54) is 5.56 Å². The van der Waals surface area contributed by atoms with E-state index < -0.39 is 0 Å². The van der Waals surface area contributed by atoms with E-state index in [9.17, 15) is 4.79 Å². The lowest BCUT2D eigenvalue weighted by Crippen LogP contribution is -1.80. The monoisotopic (exact) mass is 155 g/mol. The van der Waals surface area contributed by atoms with Gasteiger partial charge in [0.05, 0.1) is 6.61 Å². The molecule has 1 aromatic rings. The number of rotatable bonds is 2. The summed E-state index contributed by atoms with van der Waals surface area (Å²) < 4.78 is 4.15. The molecule has 0 fully saturated rings. The summed E-state index contributed by atoms with van der Waals surface area (Å²) in [7, 11) is 0. The number of nitrogens with one attached hydrogen (secondary N) is 1. The van der Waals surface area contributed by atoms with Gasteiger partial charge in [-0.3, -0.25) is 4.79 Å². The lowest BCUT2D eigenvalue weighted by Gasteiger charge is -1.79. The second-order valence-corrected chi connectivity index (χ2v) is 1.94. The standard InChI is InChI=1S/C5H7N.C3H6O2/c1-5-2-3-6-4-5;1-2-5-3-4/h2-4,6H,1H3;3H,2H2,1H3. The Morgan fingerprint density at radius 2 is 2.45 bits per heavy atom. The van der Waals surface area contributed by atoms with Crippen LogP contribution in [0.25, 0.3) is 0 Å². The highest BCUT2D eigenvalue weighted by atomic mass is 16.5. The van der Waals surface area contributed by atoms with Crippen LogP contribution in [0.2, 0.25) is 0 Å². The fraction of sp³-hybridized carbons (Fsp3) is 0.375. The van der Waals surface area contributed by atoms with Gasteiger partial charge in [-0.25, -0.2) is 0 Å². The molecule has 3 heteroatoms. The number of hydrogen-bond donors (Lipinski definition) is 1. The van der Waals surface area contributed by atoms with Crippen molar-refractivity contribution in [2.75, 3.05) is 6.61 Å². The Labute approximate surface area is 66.4 Å². The first-order valence-electron chi connectivity index (χ1n) is 3.46. The summed E-state index contributed by atoms with van der Waals surface area (Å²) in [4.78, 5) is 12.1. The third-order valence-corrected chi connectivity index (χ3v) is 0.988. The highest BCUT2D eigenvalue weighted by molar-refractivity contribution is 5.36. The van der Waals surface area contributed by atoms with E-state index in [2.05, 4.69) is 16.6 Å². The molecule has 1 rings (SSSR count). The Hall–Kier alpha value is -1.25. The van der Waals surface area contributed by atoms with E-state index >= 15 is 0 Å². The van der Waals surface area contributed by atoms with Gasteiger partial charge < -0.3 is 9.72 Å². The van der Waals surface area contributed by atoms with Crippen LogP contribution in [-0.4, -0.2) is 18.1 Å². The van der Waals surface area contributed by atoms with Gasteiger partial charge in [-0.05, 0) is 25.5 Å². The predicted octanol–water partition coefficient (Wildman–Crippen LogP) is 1.50. The third-order valence-electron chi connectivity index (χ3n) is 0.988. The van der Waals surface area contributed by atoms with E-state index in [4.69, 9.17) is 0 Å². The summed E-state index contributed by atoms with van der Waals surface area (Å²) in [5.41, 5.74) is 1.29. The van der Waals surface area contributed by atoms with Crippen LogP contribution in [0.15, 0.2) is 18.5 Å². The van der Waals surface area contributed by atoms with Crippen LogP contribution in [0.5, 0.6) is 0 Å². The molecule has 3 nitrogen and oxygen atoms in total. The van der Waals surface area contributed by atoms with Crippen molar-refractivity contribution in [2.24, 2.45) is 0 Å². The number of H-pyrrole nitrogens is 1. The van der Waals surface area contributed by atoms with Crippen molar-refractivity contribution in [1.82, 2.24) is 4.98 Å². The largest absolute Gasteiger partial charge is 0.468 e. The van der Waals surface area contributed by atoms with Crippen LogP contribution in [0.3, 0.4) is 0 Å². The Morgan fingerprint density at radius 1 is 1.73 bits per heavy atom. The molecule has 0 atom stereocenters. The van der Waals surface area contributed by atoms with Gasteiger partial charge in [0.25, 0.3) is 6.47 Å². The number of aromatic amines is 1. The summed E-state index contributed by atoms with van der Waals surface area (Å²) in [5, 5.41) is 0. The smallest absolute Gasteiger partial charge is 0.293 e. The molecule has 1 N–H and O–H groups in total. The molecular weight excluding hydrogens is 142 g/mol. The van der Waals surface area contributed by atoms with Gasteiger partial charge in [-0.2, -0.15) is 0 Å². The van der Waals surface area contributed by atoms with Crippen molar-refractivity contribution in [2.45, 2.75) is 13.8 Å². The number of carbonyl (C=O) groups excluding carboxylic acids is 1. The van der Waals surface area contributed by atoms with Crippen molar-refractivity contribution < 1.29 is 9.53 Å². The van der Waals surface area contributed by atoms with Gasteiger partial charge in [0.15, 0.2) is 0 Å². The van der Waals surface area contributed by atoms with Crippen LogP contribution >= 0.6 is 0 Å². The van der Waals surface area contributed by atoms with Gasteiger partial charge in [-0.15, -0.1) is 0 Å². The minimum absolute atomic E-state index is 0.431. The molecule has 0 aliphatic heterocycles. The summed E-state index contributed by atoms with van der Waals surface area (Å²) >= 11 is 0. The second kappa shape index (κ2) is 6.86. The van der Waals surface area contributed by atoms with E-state index in [-0.39, 0.29) is 0 Å². The first-order chi connectivity index (χ1) is 5.31. The first kappa shape index (κ1) is 9.75. The van der Waals surface area contributed by atoms with Crippen molar-refractivity contribution in [3.63, 3.8) is 0 Å². The summed E-state index contributed by atoms with van der Waals surface area (Å²) in [6.07, 6.45) is 3.87. The van der Waals surface area contributed by atoms with Gasteiger partial charge in [0.1, 0.15) is 0 Å². The van der Waals surface area contributed by atoms with E-state index in [1.54, 1.807) is 6.92 Å². The maximum absolute atomic E-state index is 9.18. The fourth-order valence-electron chi connectivity index (χ4n) is 0.475. The normalized spacial score (nSPS) is 7.82. The highest BCUT2D eigenvalue weighted by Crippen LogP contribution is 1.88. The lowest BCUT2D eigenvalue weighted by molar-refractivity contribution is -0.128. The van der Waals surface area contributed by atoms with Gasteiger partial charge in [0.2, 0.25) is 0 Å². The van der Waals surface area contributed by atoms with E-state index in [0.717, 1.165) is 0 Å². The zero-order valence-corrected chi connectivity index (χ0v) is 6.83. The van der Waals surface area contributed by atoms with Crippen LogP contribution < -0.4 is 0 Å². The predicted molar refractivity (Wildman–Crippen MR) is 43.2 cm³/mol. The van der Waals surface area contributed by atoms with Crippen LogP contribution in [0.1, 0.15) is 12.5 Å². The molecule has 0 aliphatic carbocycles. The van der Waals surface area contributed by atoms with Crippen molar-refractivity contribution in [1.29, 1.82) is 0 Å². The maximum Gasteiger partial charge on any atom is 0.293 e. The van der Waals surface area contributed by atoms with E-state index in [1.807, 2.05) is 18.5 Å². The zero-order valence-electron chi connectivity index (χ0n) is 6.83. The summed E-state index contributed by atoms with van der Waals surface area (Å²) in [6.45, 7) is 4.72. The highest BCUT2D eigenvalue weighted by Gasteiger charge is 1.73. The topological polar surface area (TPSA) is 42.1 Å². The molecule has 0 aliphatic rings. The number of aryl methyl sites for hydroxylation is 1. The Balaban J connectivity index is 0.000000187. The molecule has 11 heavy (non-hydrogen) atoms. The quantitative estimate of drug-likeness (QED) is 0.657. The van der Waals surface area contributed by atoms with Crippen molar-refractivity contribution in [3.05, 3.63) is 24.0 Å². The average Bonchev–Trinajstić information content (AvgIpc) is 2.43. The van der Waals surface area contributed by atoms with Gasteiger partial charge in [0, 0.05) is 12.4 Å². The molecule has 0 unspecified atom stereocenters. The lowest BCUT2D eigenvalue weighted by atomic mass is 10.4.